The van der Waals surface area contributed by atoms with Gasteiger partial charge in [0.1, 0.15) is 5.82 Å². The molecule has 0 amide bonds. The SMILES string of the molecule is COC(=O)C[C@@H](NS(=O)(=O)c1ccc(OC)c(OC)c1)c1ccc(F)cc1. The zero-order valence-corrected chi connectivity index (χ0v) is 15.9. The van der Waals surface area contributed by atoms with Gasteiger partial charge in [0.2, 0.25) is 10.0 Å². The molecule has 2 rings (SSSR count). The van der Waals surface area contributed by atoms with Crippen molar-refractivity contribution in [1.29, 1.82) is 0 Å². The van der Waals surface area contributed by atoms with Crippen LogP contribution in [0.3, 0.4) is 0 Å². The van der Waals surface area contributed by atoms with E-state index >= 15 is 0 Å². The number of benzene rings is 2. The predicted octanol–water partition coefficient (Wildman–Crippen LogP) is 2.43. The molecule has 0 bridgehead atoms. The number of sulfonamides is 1. The second kappa shape index (κ2) is 8.83. The third-order valence-corrected chi connectivity index (χ3v) is 5.30. The van der Waals surface area contributed by atoms with Crippen LogP contribution >= 0.6 is 0 Å². The van der Waals surface area contributed by atoms with Gasteiger partial charge in [0.25, 0.3) is 0 Å². The molecule has 27 heavy (non-hydrogen) atoms. The smallest absolute Gasteiger partial charge is 0.307 e. The zero-order valence-electron chi connectivity index (χ0n) is 15.1. The minimum absolute atomic E-state index is 0.0721. The van der Waals surface area contributed by atoms with Crippen LogP contribution in [0.4, 0.5) is 4.39 Å². The van der Waals surface area contributed by atoms with Crippen LogP contribution in [-0.4, -0.2) is 35.7 Å². The number of carbonyl (C=O) groups is 1. The Morgan fingerprint density at radius 1 is 1.04 bits per heavy atom. The molecule has 0 fully saturated rings. The Kier molecular flexibility index (Phi) is 6.75. The Morgan fingerprint density at radius 2 is 1.67 bits per heavy atom. The summed E-state index contributed by atoms with van der Waals surface area (Å²) in [5, 5.41) is 0. The summed E-state index contributed by atoms with van der Waals surface area (Å²) >= 11 is 0. The number of methoxy groups -OCH3 is 3. The van der Waals surface area contributed by atoms with E-state index in [1.807, 2.05) is 0 Å². The average molecular weight is 397 g/mol. The number of esters is 1. The summed E-state index contributed by atoms with van der Waals surface area (Å²) in [7, 11) is 0.00987. The summed E-state index contributed by atoms with van der Waals surface area (Å²) < 4.78 is 56.1. The van der Waals surface area contributed by atoms with Crippen molar-refractivity contribution in [2.24, 2.45) is 0 Å². The van der Waals surface area contributed by atoms with Crippen molar-refractivity contribution in [3.05, 3.63) is 53.8 Å². The lowest BCUT2D eigenvalue weighted by Crippen LogP contribution is -2.30. The second-order valence-electron chi connectivity index (χ2n) is 5.52. The van der Waals surface area contributed by atoms with Gasteiger partial charge >= 0.3 is 5.97 Å². The fourth-order valence-corrected chi connectivity index (χ4v) is 3.65. The van der Waals surface area contributed by atoms with E-state index in [4.69, 9.17) is 9.47 Å². The van der Waals surface area contributed by atoms with E-state index in [1.54, 1.807) is 0 Å². The largest absolute Gasteiger partial charge is 0.493 e. The molecular weight excluding hydrogens is 377 g/mol. The van der Waals surface area contributed by atoms with E-state index in [2.05, 4.69) is 9.46 Å². The van der Waals surface area contributed by atoms with E-state index in [0.29, 0.717) is 11.3 Å². The Bertz CT molecular complexity index is 899. The Morgan fingerprint density at radius 3 is 2.22 bits per heavy atom. The van der Waals surface area contributed by atoms with Gasteiger partial charge in [0, 0.05) is 6.07 Å². The first-order chi connectivity index (χ1) is 12.8. The number of nitrogens with one attached hydrogen (secondary N) is 1. The molecule has 0 aromatic heterocycles. The zero-order chi connectivity index (χ0) is 20.0. The Hall–Kier alpha value is -2.65. The number of hydrogen-bond donors (Lipinski definition) is 1. The van der Waals surface area contributed by atoms with Crippen molar-refractivity contribution in [3.8, 4) is 11.5 Å². The molecular formula is C18H20FNO6S. The van der Waals surface area contributed by atoms with Crippen LogP contribution in [0.2, 0.25) is 0 Å². The number of carbonyl (C=O) groups excluding carboxylic acids is 1. The standard InChI is InChI=1S/C18H20FNO6S/c1-24-16-9-8-14(10-17(16)25-2)27(22,23)20-15(11-18(21)26-3)12-4-6-13(19)7-5-12/h4-10,15,20H,11H2,1-3H3/t15-/m1/s1. The molecule has 0 aliphatic heterocycles. The molecule has 2 aromatic carbocycles. The van der Waals surface area contributed by atoms with Crippen LogP contribution in [-0.2, 0) is 19.6 Å². The molecule has 0 saturated heterocycles. The highest BCUT2D eigenvalue weighted by atomic mass is 32.2. The maximum atomic E-state index is 13.2. The normalized spacial score (nSPS) is 12.3. The molecule has 0 heterocycles. The third-order valence-electron chi connectivity index (χ3n) is 3.83. The molecule has 1 atom stereocenters. The van der Waals surface area contributed by atoms with Crippen LogP contribution < -0.4 is 14.2 Å². The van der Waals surface area contributed by atoms with Gasteiger partial charge in [0.15, 0.2) is 11.5 Å². The molecule has 1 N–H and O–H groups in total. The first-order valence-electron chi connectivity index (χ1n) is 7.87. The van der Waals surface area contributed by atoms with Crippen LogP contribution in [0.15, 0.2) is 47.4 Å². The van der Waals surface area contributed by atoms with E-state index in [-0.39, 0.29) is 17.1 Å². The van der Waals surface area contributed by atoms with Crippen molar-refractivity contribution in [2.75, 3.05) is 21.3 Å². The molecule has 2 aromatic rings. The average Bonchev–Trinajstić information content (AvgIpc) is 2.67. The molecule has 0 radical (unpaired) electrons. The molecule has 0 aliphatic carbocycles. The van der Waals surface area contributed by atoms with E-state index in [9.17, 15) is 17.6 Å². The maximum Gasteiger partial charge on any atom is 0.307 e. The van der Waals surface area contributed by atoms with Gasteiger partial charge in [0.05, 0.1) is 38.7 Å². The van der Waals surface area contributed by atoms with Crippen molar-refractivity contribution in [1.82, 2.24) is 4.72 Å². The van der Waals surface area contributed by atoms with Gasteiger partial charge in [-0.3, -0.25) is 4.79 Å². The first-order valence-corrected chi connectivity index (χ1v) is 9.35. The summed E-state index contributed by atoms with van der Waals surface area (Å²) in [6.07, 6.45) is -0.255. The third kappa shape index (κ3) is 5.18. The topological polar surface area (TPSA) is 90.9 Å². The highest BCUT2D eigenvalue weighted by molar-refractivity contribution is 7.89. The highest BCUT2D eigenvalue weighted by Gasteiger charge is 2.25. The molecule has 146 valence electrons. The number of halogens is 1. The van der Waals surface area contributed by atoms with Crippen molar-refractivity contribution in [2.45, 2.75) is 17.4 Å². The highest BCUT2D eigenvalue weighted by Crippen LogP contribution is 2.30. The van der Waals surface area contributed by atoms with Crippen LogP contribution in [0.5, 0.6) is 11.5 Å². The lowest BCUT2D eigenvalue weighted by Gasteiger charge is -2.19. The molecule has 0 spiro atoms. The minimum Gasteiger partial charge on any atom is -0.493 e. The predicted molar refractivity (Wildman–Crippen MR) is 95.6 cm³/mol. The van der Waals surface area contributed by atoms with Gasteiger partial charge in [-0.1, -0.05) is 12.1 Å². The van der Waals surface area contributed by atoms with E-state index < -0.39 is 27.9 Å². The molecule has 7 nitrogen and oxygen atoms in total. The summed E-state index contributed by atoms with van der Waals surface area (Å²) in [5.41, 5.74) is 0.422. The number of hydrogen-bond acceptors (Lipinski definition) is 6. The van der Waals surface area contributed by atoms with E-state index in [0.717, 1.165) is 0 Å². The molecule has 9 heteroatoms. The van der Waals surface area contributed by atoms with Gasteiger partial charge < -0.3 is 14.2 Å². The summed E-state index contributed by atoms with van der Waals surface area (Å²) in [6, 6.07) is 8.36. The van der Waals surface area contributed by atoms with Gasteiger partial charge in [-0.2, -0.15) is 0 Å². The maximum absolute atomic E-state index is 13.2. The second-order valence-corrected chi connectivity index (χ2v) is 7.24. The molecule has 0 aliphatic rings. The van der Waals surface area contributed by atoms with Gasteiger partial charge in [-0.15, -0.1) is 0 Å². The molecule has 0 saturated carbocycles. The summed E-state index contributed by atoms with van der Waals surface area (Å²) in [5.74, 6) is -0.467. The molecule has 0 unspecified atom stereocenters. The monoisotopic (exact) mass is 397 g/mol. The summed E-state index contributed by atoms with van der Waals surface area (Å²) in [6.45, 7) is 0. The Balaban J connectivity index is 2.37. The van der Waals surface area contributed by atoms with Gasteiger partial charge in [-0.05, 0) is 29.8 Å². The van der Waals surface area contributed by atoms with Crippen LogP contribution in [0.25, 0.3) is 0 Å². The quantitative estimate of drug-likeness (QED) is 0.688. The van der Waals surface area contributed by atoms with Crippen molar-refractivity contribution < 1.29 is 31.8 Å². The minimum atomic E-state index is -4.02. The van der Waals surface area contributed by atoms with Crippen LogP contribution in [0, 0.1) is 5.82 Å². The van der Waals surface area contributed by atoms with Crippen molar-refractivity contribution in [3.63, 3.8) is 0 Å². The lowest BCUT2D eigenvalue weighted by atomic mass is 10.1. The van der Waals surface area contributed by atoms with Crippen molar-refractivity contribution >= 4 is 16.0 Å². The fourth-order valence-electron chi connectivity index (χ4n) is 2.41. The number of rotatable bonds is 8. The van der Waals surface area contributed by atoms with Crippen LogP contribution in [0.1, 0.15) is 18.0 Å². The first kappa shape index (κ1) is 20.7. The fraction of sp³-hybridized carbons (Fsp3) is 0.278. The van der Waals surface area contributed by atoms with Gasteiger partial charge in [-0.25, -0.2) is 17.5 Å². The Labute approximate surface area is 157 Å². The van der Waals surface area contributed by atoms with E-state index in [1.165, 1.54) is 63.8 Å². The summed E-state index contributed by atoms with van der Waals surface area (Å²) in [4.78, 5) is 11.6. The number of ether oxygens (including phenoxy) is 3. The lowest BCUT2D eigenvalue weighted by molar-refractivity contribution is -0.141.